The van der Waals surface area contributed by atoms with Crippen molar-refractivity contribution in [2.75, 3.05) is 0 Å². The molecule has 2 aromatic carbocycles. The molecule has 0 aliphatic rings. The van der Waals surface area contributed by atoms with Crippen LogP contribution in [0.25, 0.3) is 0 Å². The van der Waals surface area contributed by atoms with Crippen LogP contribution < -0.4 is 0 Å². The van der Waals surface area contributed by atoms with E-state index in [9.17, 15) is 9.18 Å². The van der Waals surface area contributed by atoms with Crippen molar-refractivity contribution in [1.29, 1.82) is 0 Å². The average molecular weight is 277 g/mol. The van der Waals surface area contributed by atoms with Crippen molar-refractivity contribution in [2.45, 2.75) is 20.3 Å². The summed E-state index contributed by atoms with van der Waals surface area (Å²) >= 11 is 5.61. The van der Waals surface area contributed by atoms with Crippen molar-refractivity contribution in [3.05, 3.63) is 69.5 Å². The van der Waals surface area contributed by atoms with Crippen LogP contribution in [0.5, 0.6) is 0 Å². The second-order valence-corrected chi connectivity index (χ2v) is 5.07. The number of Topliss-reactive ketones (excluding diaryl/α,β-unsaturated/α-hetero) is 1. The Hall–Kier alpha value is -1.67. The van der Waals surface area contributed by atoms with Gasteiger partial charge in [-0.3, -0.25) is 4.79 Å². The fourth-order valence-electron chi connectivity index (χ4n) is 1.94. The summed E-state index contributed by atoms with van der Waals surface area (Å²) in [6, 6.07) is 10.1. The van der Waals surface area contributed by atoms with Gasteiger partial charge in [-0.1, -0.05) is 35.4 Å². The third-order valence-electron chi connectivity index (χ3n) is 3.10. The van der Waals surface area contributed by atoms with Crippen LogP contribution in [0, 0.1) is 19.7 Å². The molecule has 0 aromatic heterocycles. The van der Waals surface area contributed by atoms with Gasteiger partial charge in [-0.25, -0.2) is 4.39 Å². The summed E-state index contributed by atoms with van der Waals surface area (Å²) in [5.41, 5.74) is 3.49. The number of ketones is 1. The van der Waals surface area contributed by atoms with Crippen LogP contribution >= 0.6 is 11.6 Å². The third kappa shape index (κ3) is 3.21. The Kier molecular flexibility index (Phi) is 4.01. The van der Waals surface area contributed by atoms with Gasteiger partial charge >= 0.3 is 0 Å². The van der Waals surface area contributed by atoms with E-state index in [0.717, 1.165) is 16.7 Å². The van der Waals surface area contributed by atoms with E-state index in [4.69, 9.17) is 11.6 Å². The van der Waals surface area contributed by atoms with Gasteiger partial charge in [0.15, 0.2) is 5.78 Å². The lowest BCUT2D eigenvalue weighted by molar-refractivity contribution is 0.0992. The van der Waals surface area contributed by atoms with Crippen LogP contribution in [0.2, 0.25) is 5.02 Å². The molecule has 0 spiro atoms. The van der Waals surface area contributed by atoms with Crippen LogP contribution in [-0.2, 0) is 6.42 Å². The highest BCUT2D eigenvalue weighted by atomic mass is 35.5. The van der Waals surface area contributed by atoms with E-state index in [2.05, 4.69) is 0 Å². The van der Waals surface area contributed by atoms with Gasteiger partial charge in [0.1, 0.15) is 5.82 Å². The molecule has 0 saturated carbocycles. The van der Waals surface area contributed by atoms with E-state index in [-0.39, 0.29) is 17.2 Å². The van der Waals surface area contributed by atoms with E-state index in [1.54, 1.807) is 6.07 Å². The first-order valence-electron chi connectivity index (χ1n) is 6.02. The molecule has 0 fully saturated rings. The molecule has 0 amide bonds. The first kappa shape index (κ1) is 13.8. The molecule has 0 N–H and O–H groups in total. The zero-order chi connectivity index (χ0) is 14.0. The zero-order valence-corrected chi connectivity index (χ0v) is 11.6. The highest BCUT2D eigenvalue weighted by molar-refractivity contribution is 6.30. The number of carbonyl (C=O) groups is 1. The lowest BCUT2D eigenvalue weighted by Crippen LogP contribution is -2.05. The molecule has 1 nitrogen and oxygen atoms in total. The summed E-state index contributed by atoms with van der Waals surface area (Å²) in [6.45, 7) is 3.94. The fourth-order valence-corrected chi connectivity index (χ4v) is 2.05. The lowest BCUT2D eigenvalue weighted by atomic mass is 9.98. The van der Waals surface area contributed by atoms with E-state index in [1.165, 1.54) is 12.1 Å². The maximum atomic E-state index is 13.3. The number of hydrogen-bond donors (Lipinski definition) is 0. The Labute approximate surface area is 117 Å². The maximum absolute atomic E-state index is 13.3. The molecule has 0 saturated heterocycles. The molecular weight excluding hydrogens is 263 g/mol. The molecule has 0 bridgehead atoms. The highest BCUT2D eigenvalue weighted by Crippen LogP contribution is 2.18. The topological polar surface area (TPSA) is 17.1 Å². The smallest absolute Gasteiger partial charge is 0.167 e. The Bertz CT molecular complexity index is 635. The molecule has 2 aromatic rings. The monoisotopic (exact) mass is 276 g/mol. The van der Waals surface area contributed by atoms with Gasteiger partial charge in [0, 0.05) is 12.0 Å². The minimum absolute atomic E-state index is 0.0308. The molecule has 0 radical (unpaired) electrons. The SMILES string of the molecule is Cc1ccc(C)c(CC(=O)c2ccc(Cl)c(F)c2)c1. The van der Waals surface area contributed by atoms with Crippen molar-refractivity contribution >= 4 is 17.4 Å². The number of halogens is 2. The molecule has 0 heterocycles. The minimum Gasteiger partial charge on any atom is -0.294 e. The lowest BCUT2D eigenvalue weighted by Gasteiger charge is -2.07. The molecule has 19 heavy (non-hydrogen) atoms. The third-order valence-corrected chi connectivity index (χ3v) is 3.40. The summed E-state index contributed by atoms with van der Waals surface area (Å²) in [4.78, 5) is 12.1. The maximum Gasteiger partial charge on any atom is 0.167 e. The summed E-state index contributed by atoms with van der Waals surface area (Å²) in [6.07, 6.45) is 0.272. The normalized spacial score (nSPS) is 10.5. The zero-order valence-electron chi connectivity index (χ0n) is 10.8. The fraction of sp³-hybridized carbons (Fsp3) is 0.188. The predicted octanol–water partition coefficient (Wildman–Crippen LogP) is 4.52. The van der Waals surface area contributed by atoms with Gasteiger partial charge in [-0.2, -0.15) is 0 Å². The number of rotatable bonds is 3. The largest absolute Gasteiger partial charge is 0.294 e. The van der Waals surface area contributed by atoms with Gasteiger partial charge in [0.25, 0.3) is 0 Å². The summed E-state index contributed by atoms with van der Waals surface area (Å²) in [7, 11) is 0. The van der Waals surface area contributed by atoms with Crippen LogP contribution in [0.4, 0.5) is 4.39 Å². The van der Waals surface area contributed by atoms with Crippen LogP contribution in [0.3, 0.4) is 0 Å². The van der Waals surface area contributed by atoms with Crippen LogP contribution in [0.15, 0.2) is 36.4 Å². The van der Waals surface area contributed by atoms with Crippen molar-refractivity contribution < 1.29 is 9.18 Å². The molecule has 0 unspecified atom stereocenters. The van der Waals surface area contributed by atoms with E-state index in [1.807, 2.05) is 32.0 Å². The molecule has 3 heteroatoms. The average Bonchev–Trinajstić information content (AvgIpc) is 2.37. The van der Waals surface area contributed by atoms with Gasteiger partial charge in [-0.15, -0.1) is 0 Å². The van der Waals surface area contributed by atoms with E-state index in [0.29, 0.717) is 5.56 Å². The predicted molar refractivity (Wildman–Crippen MR) is 75.4 cm³/mol. The second-order valence-electron chi connectivity index (χ2n) is 4.66. The standard InChI is InChI=1S/C16H14ClFO/c1-10-3-4-11(2)13(7-10)9-16(19)12-5-6-14(17)15(18)8-12/h3-8H,9H2,1-2H3. The van der Waals surface area contributed by atoms with Crippen LogP contribution in [-0.4, -0.2) is 5.78 Å². The van der Waals surface area contributed by atoms with Crippen LogP contribution in [0.1, 0.15) is 27.0 Å². The van der Waals surface area contributed by atoms with Crippen molar-refractivity contribution in [1.82, 2.24) is 0 Å². The molecule has 0 atom stereocenters. The minimum atomic E-state index is -0.562. The van der Waals surface area contributed by atoms with E-state index >= 15 is 0 Å². The number of carbonyl (C=O) groups excluding carboxylic acids is 1. The molecule has 2 rings (SSSR count). The first-order chi connectivity index (χ1) is 8.97. The molecule has 0 aliphatic carbocycles. The Morgan fingerprint density at radius 3 is 2.58 bits per heavy atom. The van der Waals surface area contributed by atoms with Gasteiger partial charge < -0.3 is 0 Å². The summed E-state index contributed by atoms with van der Waals surface area (Å²) in [5.74, 6) is -0.669. The summed E-state index contributed by atoms with van der Waals surface area (Å²) in [5, 5.41) is 0.0308. The van der Waals surface area contributed by atoms with Gasteiger partial charge in [0.05, 0.1) is 5.02 Å². The van der Waals surface area contributed by atoms with E-state index < -0.39 is 5.82 Å². The molecular formula is C16H14ClFO. The van der Waals surface area contributed by atoms with Gasteiger partial charge in [0.2, 0.25) is 0 Å². The van der Waals surface area contributed by atoms with Crippen molar-refractivity contribution in [2.24, 2.45) is 0 Å². The molecule has 98 valence electrons. The van der Waals surface area contributed by atoms with Crippen molar-refractivity contribution in [3.63, 3.8) is 0 Å². The summed E-state index contributed by atoms with van der Waals surface area (Å²) < 4.78 is 13.3. The highest BCUT2D eigenvalue weighted by Gasteiger charge is 2.11. The Morgan fingerprint density at radius 2 is 1.89 bits per heavy atom. The van der Waals surface area contributed by atoms with Crippen molar-refractivity contribution in [3.8, 4) is 0 Å². The molecule has 0 aliphatic heterocycles. The number of benzene rings is 2. The second kappa shape index (κ2) is 5.54. The number of aryl methyl sites for hydroxylation is 2. The Balaban J connectivity index is 2.25. The first-order valence-corrected chi connectivity index (χ1v) is 6.39. The Morgan fingerprint density at radius 1 is 1.16 bits per heavy atom. The van der Waals surface area contributed by atoms with Gasteiger partial charge in [-0.05, 0) is 43.2 Å². The number of hydrogen-bond acceptors (Lipinski definition) is 1. The quantitative estimate of drug-likeness (QED) is 0.753.